The predicted octanol–water partition coefficient (Wildman–Crippen LogP) is 4.49. The number of aryl methyl sites for hydroxylation is 1. The maximum Gasteiger partial charge on any atom is 0.261 e. The van der Waals surface area contributed by atoms with Gasteiger partial charge in [-0.3, -0.25) is 4.72 Å². The molecule has 0 bridgehead atoms. The second kappa shape index (κ2) is 8.70. The molecule has 0 atom stereocenters. The highest BCUT2D eigenvalue weighted by Gasteiger charge is 2.15. The number of nitrogens with zero attached hydrogens (tertiary/aromatic N) is 3. The number of rotatable bonds is 7. The fraction of sp³-hybridized carbons (Fsp3) is 0.0952. The summed E-state index contributed by atoms with van der Waals surface area (Å²) in [4.78, 5) is 14.4. The van der Waals surface area contributed by atoms with E-state index in [1.54, 1.807) is 42.6 Å². The fourth-order valence-corrected chi connectivity index (χ4v) is 4.80. The number of anilines is 4. The third-order valence-electron chi connectivity index (χ3n) is 4.35. The molecule has 0 unspecified atom stereocenters. The van der Waals surface area contributed by atoms with Crippen molar-refractivity contribution >= 4 is 43.8 Å². The van der Waals surface area contributed by atoms with Gasteiger partial charge >= 0.3 is 0 Å². The topological polar surface area (TPSA) is 109 Å². The zero-order chi connectivity index (χ0) is 21.8. The summed E-state index contributed by atoms with van der Waals surface area (Å²) in [5.74, 6) is 0.411. The first-order chi connectivity index (χ1) is 14.9. The van der Waals surface area contributed by atoms with Gasteiger partial charge in [0, 0.05) is 24.6 Å². The maximum absolute atomic E-state index is 12.6. The third-order valence-corrected chi connectivity index (χ3v) is 6.94. The maximum atomic E-state index is 12.6. The van der Waals surface area contributed by atoms with E-state index in [1.165, 1.54) is 23.5 Å². The van der Waals surface area contributed by atoms with Crippen LogP contribution in [0.4, 0.5) is 22.5 Å². The van der Waals surface area contributed by atoms with Gasteiger partial charge in [-0.05, 0) is 49.4 Å². The standard InChI is InChI=1S/C21H20N6O2S2/c1-14-19(30-21(22-2)24-14)18-12-13-23-20(26-18)25-15-8-10-17(11-9-15)31(28,29)27-16-6-4-3-5-7-16/h3-13,27H,1-2H3,(H,22,24)(H,23,25,26). The highest BCUT2D eigenvalue weighted by atomic mass is 32.2. The fourth-order valence-electron chi connectivity index (χ4n) is 2.85. The largest absolute Gasteiger partial charge is 0.365 e. The van der Waals surface area contributed by atoms with E-state index in [1.807, 2.05) is 26.1 Å². The summed E-state index contributed by atoms with van der Waals surface area (Å²) in [7, 11) is -1.84. The highest BCUT2D eigenvalue weighted by molar-refractivity contribution is 7.92. The third kappa shape index (κ3) is 4.81. The summed E-state index contributed by atoms with van der Waals surface area (Å²) < 4.78 is 27.7. The molecular weight excluding hydrogens is 432 g/mol. The Labute approximate surface area is 184 Å². The average molecular weight is 453 g/mol. The lowest BCUT2D eigenvalue weighted by atomic mass is 10.3. The van der Waals surface area contributed by atoms with Crippen LogP contribution in [0.1, 0.15) is 5.69 Å². The van der Waals surface area contributed by atoms with Crippen molar-refractivity contribution in [2.24, 2.45) is 0 Å². The second-order valence-electron chi connectivity index (χ2n) is 6.57. The van der Waals surface area contributed by atoms with E-state index in [0.29, 0.717) is 17.3 Å². The molecule has 158 valence electrons. The van der Waals surface area contributed by atoms with E-state index in [-0.39, 0.29) is 4.90 Å². The van der Waals surface area contributed by atoms with Crippen molar-refractivity contribution in [1.29, 1.82) is 0 Å². The molecule has 10 heteroatoms. The van der Waals surface area contributed by atoms with E-state index in [0.717, 1.165) is 21.4 Å². The van der Waals surface area contributed by atoms with Gasteiger partial charge in [0.1, 0.15) is 0 Å². The van der Waals surface area contributed by atoms with Gasteiger partial charge < -0.3 is 10.6 Å². The number of hydrogen-bond acceptors (Lipinski definition) is 8. The molecule has 0 aliphatic carbocycles. The van der Waals surface area contributed by atoms with Crippen LogP contribution in [0.3, 0.4) is 0 Å². The lowest BCUT2D eigenvalue weighted by molar-refractivity contribution is 0.601. The summed E-state index contributed by atoms with van der Waals surface area (Å²) in [5, 5.41) is 6.97. The van der Waals surface area contributed by atoms with Crippen molar-refractivity contribution in [2.45, 2.75) is 11.8 Å². The van der Waals surface area contributed by atoms with Gasteiger partial charge in [-0.15, -0.1) is 0 Å². The number of para-hydroxylation sites is 1. The molecule has 2 aromatic heterocycles. The van der Waals surface area contributed by atoms with Crippen molar-refractivity contribution in [3.8, 4) is 10.6 Å². The number of thiazole rings is 1. The summed E-state index contributed by atoms with van der Waals surface area (Å²) in [6, 6.07) is 17.0. The molecule has 8 nitrogen and oxygen atoms in total. The Morgan fingerprint density at radius 3 is 2.32 bits per heavy atom. The second-order valence-corrected chi connectivity index (χ2v) is 9.25. The van der Waals surface area contributed by atoms with E-state index in [2.05, 4.69) is 30.3 Å². The normalized spacial score (nSPS) is 11.2. The lowest BCUT2D eigenvalue weighted by Crippen LogP contribution is -2.12. The van der Waals surface area contributed by atoms with Gasteiger partial charge in [-0.1, -0.05) is 29.5 Å². The number of benzene rings is 2. The number of aromatic nitrogens is 3. The summed E-state index contributed by atoms with van der Waals surface area (Å²) >= 11 is 1.52. The van der Waals surface area contributed by atoms with Crippen LogP contribution in [-0.2, 0) is 10.0 Å². The molecule has 0 saturated heterocycles. The molecule has 2 aromatic carbocycles. The molecule has 0 spiro atoms. The first-order valence-electron chi connectivity index (χ1n) is 9.38. The smallest absolute Gasteiger partial charge is 0.261 e. The first-order valence-corrected chi connectivity index (χ1v) is 11.7. The predicted molar refractivity (Wildman–Crippen MR) is 124 cm³/mol. The van der Waals surface area contributed by atoms with Gasteiger partial charge in [0.15, 0.2) is 5.13 Å². The molecule has 0 fully saturated rings. The van der Waals surface area contributed by atoms with Gasteiger partial charge in [0.25, 0.3) is 10.0 Å². The molecule has 0 saturated carbocycles. The van der Waals surface area contributed by atoms with Crippen molar-refractivity contribution in [2.75, 3.05) is 22.4 Å². The molecule has 3 N–H and O–H groups in total. The molecule has 2 heterocycles. The van der Waals surface area contributed by atoms with Crippen LogP contribution in [-0.4, -0.2) is 30.4 Å². The van der Waals surface area contributed by atoms with Crippen LogP contribution in [0.25, 0.3) is 10.6 Å². The first kappa shape index (κ1) is 20.8. The van der Waals surface area contributed by atoms with E-state index >= 15 is 0 Å². The van der Waals surface area contributed by atoms with E-state index in [9.17, 15) is 8.42 Å². The molecule has 0 aliphatic rings. The Hall–Kier alpha value is -3.50. The molecule has 31 heavy (non-hydrogen) atoms. The van der Waals surface area contributed by atoms with Gasteiger partial charge in [-0.2, -0.15) is 0 Å². The van der Waals surface area contributed by atoms with Crippen LogP contribution in [0, 0.1) is 6.92 Å². The Kier molecular flexibility index (Phi) is 5.83. The van der Waals surface area contributed by atoms with Crippen LogP contribution in [0.5, 0.6) is 0 Å². The van der Waals surface area contributed by atoms with E-state index < -0.39 is 10.0 Å². The average Bonchev–Trinajstić information content (AvgIpc) is 3.15. The lowest BCUT2D eigenvalue weighted by Gasteiger charge is -2.09. The number of nitrogens with one attached hydrogen (secondary N) is 3. The Balaban J connectivity index is 1.51. The minimum Gasteiger partial charge on any atom is -0.365 e. The summed E-state index contributed by atoms with van der Waals surface area (Å²) in [6.45, 7) is 1.94. The van der Waals surface area contributed by atoms with E-state index in [4.69, 9.17) is 0 Å². The SMILES string of the molecule is CNc1nc(C)c(-c2ccnc(Nc3ccc(S(=O)(=O)Nc4ccccc4)cc3)n2)s1. The Morgan fingerprint density at radius 2 is 1.65 bits per heavy atom. The Bertz CT molecular complexity index is 1290. The van der Waals surface area contributed by atoms with Crippen molar-refractivity contribution in [3.63, 3.8) is 0 Å². The molecule has 4 aromatic rings. The highest BCUT2D eigenvalue weighted by Crippen LogP contribution is 2.31. The zero-order valence-electron chi connectivity index (χ0n) is 16.8. The van der Waals surface area contributed by atoms with Gasteiger partial charge in [0.2, 0.25) is 5.95 Å². The minimum absolute atomic E-state index is 0.163. The van der Waals surface area contributed by atoms with Crippen LogP contribution in [0.2, 0.25) is 0 Å². The molecule has 0 aliphatic heterocycles. The molecular formula is C21H20N6O2S2. The zero-order valence-corrected chi connectivity index (χ0v) is 18.5. The summed E-state index contributed by atoms with van der Waals surface area (Å²) in [5.41, 5.74) is 2.84. The monoisotopic (exact) mass is 452 g/mol. The Morgan fingerprint density at radius 1 is 0.903 bits per heavy atom. The number of sulfonamides is 1. The quantitative estimate of drug-likeness (QED) is 0.379. The van der Waals surface area contributed by atoms with Crippen LogP contribution < -0.4 is 15.4 Å². The minimum atomic E-state index is -3.67. The van der Waals surface area contributed by atoms with Gasteiger partial charge in [-0.25, -0.2) is 23.4 Å². The van der Waals surface area contributed by atoms with Crippen molar-refractivity contribution in [3.05, 3.63) is 72.6 Å². The van der Waals surface area contributed by atoms with Crippen molar-refractivity contribution in [1.82, 2.24) is 15.0 Å². The van der Waals surface area contributed by atoms with Crippen LogP contribution in [0.15, 0.2) is 71.8 Å². The van der Waals surface area contributed by atoms with Crippen molar-refractivity contribution < 1.29 is 8.42 Å². The van der Waals surface area contributed by atoms with Crippen LogP contribution >= 0.6 is 11.3 Å². The summed E-state index contributed by atoms with van der Waals surface area (Å²) in [6.07, 6.45) is 1.67. The molecule has 0 radical (unpaired) electrons. The molecule has 4 rings (SSSR count). The molecule has 0 amide bonds. The van der Waals surface area contributed by atoms with Gasteiger partial charge in [0.05, 0.1) is 21.2 Å². The number of hydrogen-bond donors (Lipinski definition) is 3.